The first kappa shape index (κ1) is 15.7. The molecule has 0 aliphatic rings. The Hall–Kier alpha value is -1.32. The summed E-state index contributed by atoms with van der Waals surface area (Å²) in [6, 6.07) is 0. The van der Waals surface area contributed by atoms with Crippen LogP contribution >= 0.6 is 0 Å². The summed E-state index contributed by atoms with van der Waals surface area (Å²) in [6.45, 7) is 8.36. The molecule has 98 valence electrons. The average Bonchev–Trinajstić information content (AvgIpc) is 2.26. The summed E-state index contributed by atoms with van der Waals surface area (Å²) in [5.74, 6) is -0.700. The molecule has 0 atom stereocenters. The minimum absolute atomic E-state index is 0.0845. The first-order valence-electron chi connectivity index (χ1n) is 6.02. The zero-order valence-corrected chi connectivity index (χ0v) is 10.8. The summed E-state index contributed by atoms with van der Waals surface area (Å²) >= 11 is 0. The molecule has 0 unspecified atom stereocenters. The molecular weight excluding hydrogens is 220 g/mol. The van der Waals surface area contributed by atoms with Crippen molar-refractivity contribution in [1.29, 1.82) is 0 Å². The van der Waals surface area contributed by atoms with Crippen molar-refractivity contribution in [3.05, 3.63) is 12.2 Å². The van der Waals surface area contributed by atoms with E-state index in [1.807, 2.05) is 13.8 Å². The average molecular weight is 242 g/mol. The first-order valence-corrected chi connectivity index (χ1v) is 6.02. The van der Waals surface area contributed by atoms with E-state index in [-0.39, 0.29) is 24.8 Å². The van der Waals surface area contributed by atoms with Crippen LogP contribution in [0.15, 0.2) is 12.2 Å². The third-order valence-electron chi connectivity index (χ3n) is 2.09. The van der Waals surface area contributed by atoms with Crippen molar-refractivity contribution in [3.63, 3.8) is 0 Å². The minimum Gasteiger partial charge on any atom is -0.466 e. The topological polar surface area (TPSA) is 52.6 Å². The SMILES string of the molecule is C=C(C)CCOC(=O)CCC(=O)OCCCC. The Balaban J connectivity index is 3.48. The number of unbranched alkanes of at least 4 members (excludes halogenated alkanes) is 1. The van der Waals surface area contributed by atoms with Crippen molar-refractivity contribution in [2.24, 2.45) is 0 Å². The predicted octanol–water partition coefficient (Wildman–Crippen LogP) is 2.62. The zero-order chi connectivity index (χ0) is 13.1. The zero-order valence-electron chi connectivity index (χ0n) is 10.8. The van der Waals surface area contributed by atoms with E-state index >= 15 is 0 Å². The van der Waals surface area contributed by atoms with Gasteiger partial charge in [0.25, 0.3) is 0 Å². The van der Waals surface area contributed by atoms with Gasteiger partial charge < -0.3 is 9.47 Å². The lowest BCUT2D eigenvalue weighted by atomic mass is 10.2. The van der Waals surface area contributed by atoms with Crippen LogP contribution in [-0.2, 0) is 19.1 Å². The van der Waals surface area contributed by atoms with Gasteiger partial charge in [0.15, 0.2) is 0 Å². The first-order chi connectivity index (χ1) is 8.06. The van der Waals surface area contributed by atoms with Gasteiger partial charge in [-0.05, 0) is 13.3 Å². The molecule has 0 saturated carbocycles. The molecule has 0 N–H and O–H groups in total. The predicted molar refractivity (Wildman–Crippen MR) is 65.5 cm³/mol. The van der Waals surface area contributed by atoms with Crippen LogP contribution in [0, 0.1) is 0 Å². The lowest BCUT2D eigenvalue weighted by Crippen LogP contribution is -2.11. The second-order valence-electron chi connectivity index (χ2n) is 4.00. The largest absolute Gasteiger partial charge is 0.466 e. The normalized spacial score (nSPS) is 9.76. The number of hydrogen-bond acceptors (Lipinski definition) is 4. The minimum atomic E-state index is -0.362. The van der Waals surface area contributed by atoms with E-state index in [1.165, 1.54) is 0 Å². The smallest absolute Gasteiger partial charge is 0.306 e. The van der Waals surface area contributed by atoms with Crippen LogP contribution in [-0.4, -0.2) is 25.2 Å². The highest BCUT2D eigenvalue weighted by Gasteiger charge is 2.08. The van der Waals surface area contributed by atoms with Crippen molar-refractivity contribution < 1.29 is 19.1 Å². The van der Waals surface area contributed by atoms with E-state index in [4.69, 9.17) is 9.47 Å². The molecule has 0 aromatic carbocycles. The van der Waals surface area contributed by atoms with Gasteiger partial charge >= 0.3 is 11.9 Å². The van der Waals surface area contributed by atoms with Gasteiger partial charge in [-0.1, -0.05) is 18.9 Å². The fraction of sp³-hybridized carbons (Fsp3) is 0.692. The van der Waals surface area contributed by atoms with Gasteiger partial charge in [0, 0.05) is 6.42 Å². The fourth-order valence-electron chi connectivity index (χ4n) is 1.02. The maximum atomic E-state index is 11.2. The molecule has 0 amide bonds. The van der Waals surface area contributed by atoms with Gasteiger partial charge in [-0.15, -0.1) is 6.58 Å². The molecule has 4 heteroatoms. The molecule has 0 radical (unpaired) electrons. The molecule has 0 saturated heterocycles. The van der Waals surface area contributed by atoms with Gasteiger partial charge in [-0.25, -0.2) is 0 Å². The summed E-state index contributed by atoms with van der Waals surface area (Å²) in [5.41, 5.74) is 0.969. The number of carbonyl (C=O) groups is 2. The number of hydrogen-bond donors (Lipinski definition) is 0. The summed E-state index contributed by atoms with van der Waals surface area (Å²) in [4.78, 5) is 22.4. The van der Waals surface area contributed by atoms with E-state index < -0.39 is 0 Å². The molecule has 17 heavy (non-hydrogen) atoms. The quantitative estimate of drug-likeness (QED) is 0.354. The second-order valence-corrected chi connectivity index (χ2v) is 4.00. The molecule has 0 rings (SSSR count). The molecule has 4 nitrogen and oxygen atoms in total. The van der Waals surface area contributed by atoms with E-state index in [1.54, 1.807) is 0 Å². The van der Waals surface area contributed by atoms with Crippen molar-refractivity contribution in [1.82, 2.24) is 0 Å². The fourth-order valence-corrected chi connectivity index (χ4v) is 1.02. The molecule has 0 aliphatic heterocycles. The maximum Gasteiger partial charge on any atom is 0.306 e. The highest BCUT2D eigenvalue weighted by atomic mass is 16.5. The van der Waals surface area contributed by atoms with Crippen LogP contribution in [0.3, 0.4) is 0 Å². The van der Waals surface area contributed by atoms with E-state index in [2.05, 4.69) is 6.58 Å². The lowest BCUT2D eigenvalue weighted by Gasteiger charge is -2.05. The van der Waals surface area contributed by atoms with Crippen molar-refractivity contribution in [2.45, 2.75) is 46.0 Å². The monoisotopic (exact) mass is 242 g/mol. The van der Waals surface area contributed by atoms with Gasteiger partial charge in [-0.2, -0.15) is 0 Å². The molecule has 0 aromatic rings. The van der Waals surface area contributed by atoms with Crippen LogP contribution in [0.5, 0.6) is 0 Å². The van der Waals surface area contributed by atoms with Crippen molar-refractivity contribution in [2.75, 3.05) is 13.2 Å². The van der Waals surface area contributed by atoms with Gasteiger partial charge in [0.1, 0.15) is 0 Å². The summed E-state index contributed by atoms with van der Waals surface area (Å²) < 4.78 is 9.84. The van der Waals surface area contributed by atoms with Crippen LogP contribution < -0.4 is 0 Å². The highest BCUT2D eigenvalue weighted by Crippen LogP contribution is 2.00. The highest BCUT2D eigenvalue weighted by molar-refractivity contribution is 5.77. The number of rotatable bonds is 9. The Morgan fingerprint density at radius 1 is 1.00 bits per heavy atom. The summed E-state index contributed by atoms with van der Waals surface area (Å²) in [5, 5.41) is 0. The molecule has 0 spiro atoms. The van der Waals surface area contributed by atoms with Crippen LogP contribution in [0.2, 0.25) is 0 Å². The molecule has 0 fully saturated rings. The van der Waals surface area contributed by atoms with Gasteiger partial charge in [0.2, 0.25) is 0 Å². The van der Waals surface area contributed by atoms with E-state index in [9.17, 15) is 9.59 Å². The molecule has 0 aliphatic carbocycles. The van der Waals surface area contributed by atoms with Crippen LogP contribution in [0.25, 0.3) is 0 Å². The van der Waals surface area contributed by atoms with E-state index in [0.29, 0.717) is 19.6 Å². The molecule has 0 heterocycles. The van der Waals surface area contributed by atoms with Crippen molar-refractivity contribution in [3.8, 4) is 0 Å². The lowest BCUT2D eigenvalue weighted by molar-refractivity contribution is -0.150. The van der Waals surface area contributed by atoms with Crippen LogP contribution in [0.4, 0.5) is 0 Å². The Bertz CT molecular complexity index is 258. The maximum absolute atomic E-state index is 11.2. The number of ether oxygens (including phenoxy) is 2. The Kier molecular flexibility index (Phi) is 9.11. The second kappa shape index (κ2) is 9.87. The van der Waals surface area contributed by atoms with E-state index in [0.717, 1.165) is 18.4 Å². The molecule has 0 aromatic heterocycles. The number of carbonyl (C=O) groups excluding carboxylic acids is 2. The standard InChI is InChI=1S/C13H22O4/c1-4-5-9-16-12(14)6-7-13(15)17-10-8-11(2)3/h2,4-10H2,1,3H3. The van der Waals surface area contributed by atoms with Crippen LogP contribution in [0.1, 0.15) is 46.0 Å². The summed E-state index contributed by atoms with van der Waals surface area (Å²) in [7, 11) is 0. The molecule has 0 bridgehead atoms. The third kappa shape index (κ3) is 11.0. The Labute approximate surface area is 103 Å². The summed E-state index contributed by atoms with van der Waals surface area (Å²) in [6.07, 6.45) is 2.68. The Morgan fingerprint density at radius 3 is 2.00 bits per heavy atom. The van der Waals surface area contributed by atoms with Crippen molar-refractivity contribution >= 4 is 11.9 Å². The Morgan fingerprint density at radius 2 is 1.53 bits per heavy atom. The number of esters is 2. The van der Waals surface area contributed by atoms with Gasteiger partial charge in [0.05, 0.1) is 26.1 Å². The molecular formula is C13H22O4. The van der Waals surface area contributed by atoms with Gasteiger partial charge in [-0.3, -0.25) is 9.59 Å². The third-order valence-corrected chi connectivity index (χ3v) is 2.09.